The van der Waals surface area contributed by atoms with Gasteiger partial charge in [-0.1, -0.05) is 11.6 Å². The zero-order valence-electron chi connectivity index (χ0n) is 12.8. The number of carbonyl (C=O) groups is 1. The number of rotatable bonds is 6. The van der Waals surface area contributed by atoms with Crippen LogP contribution < -0.4 is 10.1 Å². The average Bonchev–Trinajstić information content (AvgIpc) is 2.55. The van der Waals surface area contributed by atoms with Crippen LogP contribution in [0.25, 0.3) is 0 Å². The molecule has 0 saturated carbocycles. The van der Waals surface area contributed by atoms with E-state index >= 15 is 0 Å². The van der Waals surface area contributed by atoms with Crippen molar-refractivity contribution in [2.45, 2.75) is 12.6 Å². The van der Waals surface area contributed by atoms with Crippen LogP contribution in [0.2, 0.25) is 5.02 Å². The quantitative estimate of drug-likeness (QED) is 0.735. The molecule has 24 heavy (non-hydrogen) atoms. The smallest absolute Gasteiger partial charge is 0.417 e. The van der Waals surface area contributed by atoms with Crippen molar-refractivity contribution < 1.29 is 22.7 Å². The van der Waals surface area contributed by atoms with Gasteiger partial charge < -0.3 is 10.1 Å². The molecular weight excluding hydrogens is 343 g/mol. The second-order valence-electron chi connectivity index (χ2n) is 5.02. The maximum atomic E-state index is 12.8. The number of anilines is 1. The van der Waals surface area contributed by atoms with E-state index in [9.17, 15) is 18.0 Å². The lowest BCUT2D eigenvalue weighted by Gasteiger charge is -2.12. The molecule has 2 aromatic carbocycles. The number of carbonyl (C=O) groups excluding carboxylic acids is 1. The lowest BCUT2D eigenvalue weighted by Crippen LogP contribution is -2.11. The average molecular weight is 358 g/mol. The zero-order valence-corrected chi connectivity index (χ0v) is 13.5. The molecule has 1 N–H and O–H groups in total. The van der Waals surface area contributed by atoms with Gasteiger partial charge in [0.05, 0.1) is 17.7 Å². The van der Waals surface area contributed by atoms with Crippen molar-refractivity contribution in [2.75, 3.05) is 19.0 Å². The Bertz CT molecular complexity index is 715. The third kappa shape index (κ3) is 4.64. The van der Waals surface area contributed by atoms with E-state index in [1.165, 1.54) is 19.2 Å². The van der Waals surface area contributed by atoms with Crippen LogP contribution in [0.5, 0.6) is 5.75 Å². The summed E-state index contributed by atoms with van der Waals surface area (Å²) in [4.78, 5) is 12.0. The lowest BCUT2D eigenvalue weighted by molar-refractivity contribution is -0.137. The van der Waals surface area contributed by atoms with Crippen LogP contribution in [0.15, 0.2) is 42.5 Å². The molecule has 0 saturated heterocycles. The summed E-state index contributed by atoms with van der Waals surface area (Å²) in [5.74, 6) is 0.528. The molecule has 0 aliphatic carbocycles. The summed E-state index contributed by atoms with van der Waals surface area (Å²) in [5.41, 5.74) is -0.130. The van der Waals surface area contributed by atoms with E-state index in [2.05, 4.69) is 5.32 Å². The molecule has 0 aliphatic heterocycles. The molecule has 0 amide bonds. The number of ether oxygens (including phenoxy) is 1. The van der Waals surface area contributed by atoms with Gasteiger partial charge in [-0.15, -0.1) is 0 Å². The van der Waals surface area contributed by atoms with Gasteiger partial charge in [0.15, 0.2) is 5.78 Å². The van der Waals surface area contributed by atoms with E-state index in [4.69, 9.17) is 16.3 Å². The minimum absolute atomic E-state index is 0.116. The minimum Gasteiger partial charge on any atom is -0.497 e. The maximum absolute atomic E-state index is 12.8. The highest BCUT2D eigenvalue weighted by Gasteiger charge is 2.33. The number of methoxy groups -OCH3 is 1. The number of ketones is 1. The summed E-state index contributed by atoms with van der Waals surface area (Å²) in [6, 6.07) is 10.2. The molecule has 3 nitrogen and oxygen atoms in total. The molecule has 0 heterocycles. The Morgan fingerprint density at radius 2 is 1.83 bits per heavy atom. The lowest BCUT2D eigenvalue weighted by atomic mass is 10.1. The third-order valence-corrected chi connectivity index (χ3v) is 3.69. The van der Waals surface area contributed by atoms with E-state index in [1.807, 2.05) is 0 Å². The van der Waals surface area contributed by atoms with E-state index in [0.717, 1.165) is 6.07 Å². The van der Waals surface area contributed by atoms with Crippen molar-refractivity contribution in [2.24, 2.45) is 0 Å². The molecule has 0 spiro atoms. The second-order valence-corrected chi connectivity index (χ2v) is 5.43. The molecule has 0 unspecified atom stereocenters. The number of hydrogen-bond acceptors (Lipinski definition) is 3. The van der Waals surface area contributed by atoms with E-state index in [-0.39, 0.29) is 29.5 Å². The monoisotopic (exact) mass is 357 g/mol. The number of alkyl halides is 3. The first-order valence-corrected chi connectivity index (χ1v) is 7.47. The molecule has 0 aromatic heterocycles. The molecule has 7 heteroatoms. The van der Waals surface area contributed by atoms with Crippen LogP contribution >= 0.6 is 11.6 Å². The summed E-state index contributed by atoms with van der Waals surface area (Å²) in [7, 11) is 1.53. The second kappa shape index (κ2) is 7.57. The Labute approximate surface area is 142 Å². The molecule has 0 radical (unpaired) electrons. The fraction of sp³-hybridized carbons (Fsp3) is 0.235. The molecule has 0 fully saturated rings. The van der Waals surface area contributed by atoms with Crippen molar-refractivity contribution in [1.29, 1.82) is 0 Å². The molecule has 0 bridgehead atoms. The predicted octanol–water partition coefficient (Wildman–Crippen LogP) is 5.05. The summed E-state index contributed by atoms with van der Waals surface area (Å²) in [6.07, 6.45) is -4.37. The Balaban J connectivity index is 1.95. The SMILES string of the molecule is COc1ccc(C(=O)CCNc2ccc(Cl)c(C(F)(F)F)c2)cc1. The van der Waals surface area contributed by atoms with Crippen molar-refractivity contribution in [3.63, 3.8) is 0 Å². The molecular formula is C17H15ClF3NO2. The standard InChI is InChI=1S/C17H15ClF3NO2/c1-24-13-5-2-11(3-6-13)16(23)8-9-22-12-4-7-15(18)14(10-12)17(19,20)21/h2-7,10,22H,8-9H2,1H3. The fourth-order valence-electron chi connectivity index (χ4n) is 2.09. The van der Waals surface area contributed by atoms with Crippen LogP contribution in [0.4, 0.5) is 18.9 Å². The van der Waals surface area contributed by atoms with Gasteiger partial charge in [-0.2, -0.15) is 13.2 Å². The van der Waals surface area contributed by atoms with E-state index in [0.29, 0.717) is 11.3 Å². The number of Topliss-reactive ketones (excluding diaryl/α,β-unsaturated/α-hetero) is 1. The van der Waals surface area contributed by atoms with Crippen LogP contribution in [0.3, 0.4) is 0 Å². The highest BCUT2D eigenvalue weighted by atomic mass is 35.5. The normalized spacial score (nSPS) is 11.2. The topological polar surface area (TPSA) is 38.3 Å². The van der Waals surface area contributed by atoms with Crippen LogP contribution in [-0.4, -0.2) is 19.4 Å². The van der Waals surface area contributed by atoms with Crippen molar-refractivity contribution in [1.82, 2.24) is 0 Å². The Morgan fingerprint density at radius 1 is 1.17 bits per heavy atom. The van der Waals surface area contributed by atoms with Crippen LogP contribution in [0.1, 0.15) is 22.3 Å². The third-order valence-electron chi connectivity index (χ3n) is 3.36. The first-order valence-electron chi connectivity index (χ1n) is 7.09. The fourth-order valence-corrected chi connectivity index (χ4v) is 2.32. The van der Waals surface area contributed by atoms with Gasteiger partial charge in [-0.3, -0.25) is 4.79 Å². The summed E-state index contributed by atoms with van der Waals surface area (Å²) >= 11 is 5.56. The molecule has 2 aromatic rings. The summed E-state index contributed by atoms with van der Waals surface area (Å²) in [6.45, 7) is 0.212. The van der Waals surface area contributed by atoms with Gasteiger partial charge >= 0.3 is 6.18 Å². The minimum atomic E-state index is -4.52. The summed E-state index contributed by atoms with van der Waals surface area (Å²) < 4.78 is 43.4. The first-order chi connectivity index (χ1) is 11.3. The van der Waals surface area contributed by atoms with Gasteiger partial charge in [0.2, 0.25) is 0 Å². The maximum Gasteiger partial charge on any atom is 0.417 e. The highest BCUT2D eigenvalue weighted by molar-refractivity contribution is 6.31. The van der Waals surface area contributed by atoms with E-state index in [1.54, 1.807) is 24.3 Å². The number of hydrogen-bond donors (Lipinski definition) is 1. The van der Waals surface area contributed by atoms with E-state index < -0.39 is 11.7 Å². The Hall–Kier alpha value is -2.21. The molecule has 128 valence electrons. The molecule has 2 rings (SSSR count). The van der Waals surface area contributed by atoms with Crippen molar-refractivity contribution in [3.8, 4) is 5.75 Å². The van der Waals surface area contributed by atoms with Crippen LogP contribution in [0, 0.1) is 0 Å². The molecule has 0 atom stereocenters. The highest BCUT2D eigenvalue weighted by Crippen LogP contribution is 2.36. The Kier molecular flexibility index (Phi) is 5.72. The van der Waals surface area contributed by atoms with Gasteiger partial charge in [0.25, 0.3) is 0 Å². The van der Waals surface area contributed by atoms with Gasteiger partial charge in [0.1, 0.15) is 5.75 Å². The number of halogens is 4. The number of benzene rings is 2. The summed E-state index contributed by atoms with van der Waals surface area (Å²) in [5, 5.41) is 2.44. The molecule has 0 aliphatic rings. The van der Waals surface area contributed by atoms with Gasteiger partial charge in [0, 0.05) is 24.2 Å². The first kappa shape index (κ1) is 18.1. The van der Waals surface area contributed by atoms with Gasteiger partial charge in [-0.25, -0.2) is 0 Å². The predicted molar refractivity (Wildman–Crippen MR) is 86.9 cm³/mol. The largest absolute Gasteiger partial charge is 0.497 e. The van der Waals surface area contributed by atoms with Crippen molar-refractivity contribution >= 4 is 23.1 Å². The number of nitrogens with one attached hydrogen (secondary N) is 1. The Morgan fingerprint density at radius 3 is 2.42 bits per heavy atom. The van der Waals surface area contributed by atoms with Crippen LogP contribution in [-0.2, 0) is 6.18 Å². The van der Waals surface area contributed by atoms with Crippen molar-refractivity contribution in [3.05, 3.63) is 58.6 Å². The zero-order chi connectivity index (χ0) is 17.7. The van der Waals surface area contributed by atoms with Gasteiger partial charge in [-0.05, 0) is 42.5 Å².